The number of carbonyl (C=O) groups excluding carboxylic acids is 1. The number of pyridine rings is 2. The molecular formula is C17H12N4O2. The van der Waals surface area contributed by atoms with E-state index in [1.807, 2.05) is 30.3 Å². The third-order valence-electron chi connectivity index (χ3n) is 3.61. The van der Waals surface area contributed by atoms with E-state index in [2.05, 4.69) is 20.2 Å². The molecule has 1 N–H and O–H groups in total. The first kappa shape index (κ1) is 13.4. The predicted molar refractivity (Wildman–Crippen MR) is 83.0 cm³/mol. The maximum absolute atomic E-state index is 11.8. The summed E-state index contributed by atoms with van der Waals surface area (Å²) in [6, 6.07) is 9.38. The summed E-state index contributed by atoms with van der Waals surface area (Å²) >= 11 is 0. The van der Waals surface area contributed by atoms with E-state index >= 15 is 0 Å². The highest BCUT2D eigenvalue weighted by molar-refractivity contribution is 5.95. The molecule has 6 heteroatoms. The first-order valence-corrected chi connectivity index (χ1v) is 7.10. The molecule has 112 valence electrons. The largest absolute Gasteiger partial charge is 0.483 e. The molecule has 1 atom stereocenters. The van der Waals surface area contributed by atoms with Gasteiger partial charge in [0.25, 0.3) is 0 Å². The zero-order valence-corrected chi connectivity index (χ0v) is 12.0. The van der Waals surface area contributed by atoms with E-state index in [1.165, 1.54) is 12.3 Å². The van der Waals surface area contributed by atoms with Gasteiger partial charge in [0, 0.05) is 30.2 Å². The highest BCUT2D eigenvalue weighted by Gasteiger charge is 2.25. The lowest BCUT2D eigenvalue weighted by Gasteiger charge is -2.10. The quantitative estimate of drug-likeness (QED) is 0.804. The predicted octanol–water partition coefficient (Wildman–Crippen LogP) is 2.69. The molecule has 0 fully saturated rings. The van der Waals surface area contributed by atoms with Gasteiger partial charge >= 0.3 is 0 Å². The Morgan fingerprint density at radius 2 is 2.09 bits per heavy atom. The summed E-state index contributed by atoms with van der Waals surface area (Å²) in [7, 11) is 0. The first-order valence-electron chi connectivity index (χ1n) is 7.10. The van der Waals surface area contributed by atoms with Gasteiger partial charge in [-0.25, -0.2) is 0 Å². The molecular weight excluding hydrogens is 292 g/mol. The second-order valence-electron chi connectivity index (χ2n) is 5.05. The fourth-order valence-corrected chi connectivity index (χ4v) is 2.52. The second kappa shape index (κ2) is 5.49. The lowest BCUT2D eigenvalue weighted by Crippen LogP contribution is -2.08. The monoisotopic (exact) mass is 304 g/mol. The van der Waals surface area contributed by atoms with Crippen LogP contribution >= 0.6 is 0 Å². The van der Waals surface area contributed by atoms with Crippen molar-refractivity contribution in [3.8, 4) is 22.5 Å². The normalized spacial score (nSPS) is 16.5. The summed E-state index contributed by atoms with van der Waals surface area (Å²) in [6.07, 6.45) is 7.34. The van der Waals surface area contributed by atoms with Gasteiger partial charge in [-0.3, -0.25) is 19.9 Å². The highest BCUT2D eigenvalue weighted by Crippen LogP contribution is 2.31. The summed E-state index contributed by atoms with van der Waals surface area (Å²) in [6.45, 7) is 0. The van der Waals surface area contributed by atoms with Gasteiger partial charge in [0.05, 0.1) is 17.6 Å². The molecule has 3 aromatic rings. The smallest absolute Gasteiger partial charge is 0.205 e. The van der Waals surface area contributed by atoms with Gasteiger partial charge in [0.2, 0.25) is 11.9 Å². The van der Waals surface area contributed by atoms with Crippen molar-refractivity contribution in [3.05, 3.63) is 67.0 Å². The van der Waals surface area contributed by atoms with Gasteiger partial charge in [-0.2, -0.15) is 5.10 Å². The van der Waals surface area contributed by atoms with Gasteiger partial charge in [0.15, 0.2) is 0 Å². The number of ketones is 1. The summed E-state index contributed by atoms with van der Waals surface area (Å²) in [5, 5.41) is 7.16. The second-order valence-corrected chi connectivity index (χ2v) is 5.05. The molecule has 0 amide bonds. The average molecular weight is 304 g/mol. The number of H-pyrrole nitrogens is 1. The van der Waals surface area contributed by atoms with E-state index in [0.717, 1.165) is 22.5 Å². The van der Waals surface area contributed by atoms with Crippen LogP contribution in [0.5, 0.6) is 0 Å². The molecule has 1 aliphatic heterocycles. The molecule has 0 saturated heterocycles. The van der Waals surface area contributed by atoms with Crippen LogP contribution in [0.3, 0.4) is 0 Å². The number of aromatic amines is 1. The van der Waals surface area contributed by atoms with Crippen molar-refractivity contribution in [1.29, 1.82) is 0 Å². The van der Waals surface area contributed by atoms with Crippen molar-refractivity contribution in [2.24, 2.45) is 0 Å². The van der Waals surface area contributed by atoms with E-state index in [9.17, 15) is 4.79 Å². The Morgan fingerprint density at radius 3 is 2.87 bits per heavy atom. The third-order valence-corrected chi connectivity index (χ3v) is 3.61. The maximum Gasteiger partial charge on any atom is 0.205 e. The number of aromatic nitrogens is 4. The SMILES string of the molecule is O=C1C=COC1c1cc(-c2c[nH]nc2-c2ccccn2)ccn1. The Bertz CT molecular complexity index is 886. The standard InChI is InChI=1S/C17H12N4O2/c22-15-5-8-23-17(15)14-9-11(4-7-19-14)12-10-20-21-16(12)13-3-1-2-6-18-13/h1-10,17H,(H,20,21). The van der Waals surface area contributed by atoms with Crippen molar-refractivity contribution >= 4 is 5.78 Å². The zero-order chi connectivity index (χ0) is 15.6. The Hall–Kier alpha value is -3.28. The summed E-state index contributed by atoms with van der Waals surface area (Å²) in [5.41, 5.74) is 3.89. The topological polar surface area (TPSA) is 80.8 Å². The van der Waals surface area contributed by atoms with Crippen LogP contribution in [0.1, 0.15) is 11.8 Å². The molecule has 1 unspecified atom stereocenters. The molecule has 0 saturated carbocycles. The molecule has 0 aromatic carbocycles. The van der Waals surface area contributed by atoms with E-state index in [0.29, 0.717) is 5.69 Å². The van der Waals surface area contributed by atoms with Gasteiger partial charge in [-0.15, -0.1) is 0 Å². The van der Waals surface area contributed by atoms with Crippen molar-refractivity contribution in [3.63, 3.8) is 0 Å². The minimum Gasteiger partial charge on any atom is -0.483 e. The van der Waals surface area contributed by atoms with Gasteiger partial charge in [-0.05, 0) is 29.8 Å². The highest BCUT2D eigenvalue weighted by atomic mass is 16.5. The van der Waals surface area contributed by atoms with Crippen molar-refractivity contribution in [1.82, 2.24) is 20.2 Å². The van der Waals surface area contributed by atoms with E-state index < -0.39 is 6.10 Å². The van der Waals surface area contributed by atoms with Crippen LogP contribution in [0.4, 0.5) is 0 Å². The molecule has 4 rings (SSSR count). The molecule has 1 aliphatic rings. The number of rotatable bonds is 3. The average Bonchev–Trinajstić information content (AvgIpc) is 3.25. The fraction of sp³-hybridized carbons (Fsp3) is 0.0588. The van der Waals surface area contributed by atoms with Crippen LogP contribution < -0.4 is 0 Å². The molecule has 0 radical (unpaired) electrons. The molecule has 0 spiro atoms. The summed E-state index contributed by atoms with van der Waals surface area (Å²) in [4.78, 5) is 20.4. The lowest BCUT2D eigenvalue weighted by atomic mass is 10.0. The Balaban J connectivity index is 1.75. The zero-order valence-electron chi connectivity index (χ0n) is 12.0. The molecule has 4 heterocycles. The van der Waals surface area contributed by atoms with Gasteiger partial charge in [0.1, 0.15) is 5.69 Å². The Labute approximate surface area is 131 Å². The lowest BCUT2D eigenvalue weighted by molar-refractivity contribution is -0.120. The summed E-state index contributed by atoms with van der Waals surface area (Å²) in [5.74, 6) is -0.105. The molecule has 6 nitrogen and oxygen atoms in total. The van der Waals surface area contributed by atoms with Crippen molar-refractivity contribution in [2.45, 2.75) is 6.10 Å². The van der Waals surface area contributed by atoms with E-state index in [1.54, 1.807) is 18.6 Å². The molecule has 23 heavy (non-hydrogen) atoms. The number of carbonyl (C=O) groups is 1. The van der Waals surface area contributed by atoms with Crippen LogP contribution in [-0.2, 0) is 9.53 Å². The van der Waals surface area contributed by atoms with Crippen LogP contribution in [0, 0.1) is 0 Å². The minimum atomic E-state index is -0.667. The number of hydrogen-bond acceptors (Lipinski definition) is 5. The Morgan fingerprint density at radius 1 is 1.13 bits per heavy atom. The maximum atomic E-state index is 11.8. The number of nitrogens with zero attached hydrogens (tertiary/aromatic N) is 3. The molecule has 0 bridgehead atoms. The third kappa shape index (κ3) is 2.40. The molecule has 0 aliphatic carbocycles. The van der Waals surface area contributed by atoms with E-state index in [4.69, 9.17) is 4.74 Å². The fourth-order valence-electron chi connectivity index (χ4n) is 2.52. The van der Waals surface area contributed by atoms with Gasteiger partial charge in [-0.1, -0.05) is 6.07 Å². The first-order chi connectivity index (χ1) is 11.3. The number of nitrogens with one attached hydrogen (secondary N) is 1. The van der Waals surface area contributed by atoms with Crippen LogP contribution in [-0.4, -0.2) is 25.9 Å². The van der Waals surface area contributed by atoms with Crippen molar-refractivity contribution in [2.75, 3.05) is 0 Å². The summed E-state index contributed by atoms with van der Waals surface area (Å²) < 4.78 is 5.31. The number of hydrogen-bond donors (Lipinski definition) is 1. The van der Waals surface area contributed by atoms with Crippen LogP contribution in [0.15, 0.2) is 61.3 Å². The van der Waals surface area contributed by atoms with E-state index in [-0.39, 0.29) is 5.78 Å². The molecule has 3 aromatic heterocycles. The van der Waals surface area contributed by atoms with Crippen LogP contribution in [0.25, 0.3) is 22.5 Å². The van der Waals surface area contributed by atoms with Crippen molar-refractivity contribution < 1.29 is 9.53 Å². The number of ether oxygens (including phenoxy) is 1. The Kier molecular flexibility index (Phi) is 3.20. The van der Waals surface area contributed by atoms with Crippen LogP contribution in [0.2, 0.25) is 0 Å². The van der Waals surface area contributed by atoms with Gasteiger partial charge < -0.3 is 4.74 Å². The minimum absolute atomic E-state index is 0.105.